The van der Waals surface area contributed by atoms with Gasteiger partial charge in [0.1, 0.15) is 0 Å². The van der Waals surface area contributed by atoms with Crippen LogP contribution >= 0.6 is 0 Å². The summed E-state index contributed by atoms with van der Waals surface area (Å²) in [5.41, 5.74) is 2.02. The highest BCUT2D eigenvalue weighted by Gasteiger charge is 2.37. The number of hydrogen-bond acceptors (Lipinski definition) is 4. The van der Waals surface area contributed by atoms with Crippen molar-refractivity contribution in [3.05, 3.63) is 23.4 Å². The lowest BCUT2D eigenvalue weighted by Crippen LogP contribution is -2.40. The van der Waals surface area contributed by atoms with Gasteiger partial charge >= 0.3 is 0 Å². The van der Waals surface area contributed by atoms with Gasteiger partial charge < -0.3 is 14.3 Å². The molecular weight excluding hydrogens is 282 g/mol. The van der Waals surface area contributed by atoms with E-state index in [9.17, 15) is 0 Å². The van der Waals surface area contributed by atoms with Crippen LogP contribution in [0.15, 0.2) is 12.1 Å². The molecule has 1 aromatic rings. The first kappa shape index (κ1) is 18.1. The topological polar surface area (TPSA) is 51.6 Å². The zero-order valence-electron chi connectivity index (χ0n) is 14.2. The highest BCUT2D eigenvalue weighted by molar-refractivity contribution is 6.74. The van der Waals surface area contributed by atoms with Gasteiger partial charge in [-0.1, -0.05) is 20.8 Å². The van der Waals surface area contributed by atoms with Gasteiger partial charge in [0.15, 0.2) is 8.32 Å². The van der Waals surface area contributed by atoms with E-state index in [-0.39, 0.29) is 11.6 Å². The second-order valence-electron chi connectivity index (χ2n) is 6.89. The average molecular weight is 311 g/mol. The Labute approximate surface area is 129 Å². The Bertz CT molecular complexity index is 455. The lowest BCUT2D eigenvalue weighted by Gasteiger charge is -2.36. The van der Waals surface area contributed by atoms with Crippen molar-refractivity contribution in [1.82, 2.24) is 4.98 Å². The molecule has 0 aliphatic carbocycles. The number of ether oxygens (including phenoxy) is 1. The Morgan fingerprint density at radius 3 is 2.43 bits per heavy atom. The van der Waals surface area contributed by atoms with Crippen molar-refractivity contribution in [3.63, 3.8) is 0 Å². The molecule has 1 heterocycles. The first-order valence-electron chi connectivity index (χ1n) is 7.48. The Morgan fingerprint density at radius 1 is 1.24 bits per heavy atom. The van der Waals surface area contributed by atoms with E-state index >= 15 is 0 Å². The van der Waals surface area contributed by atoms with Crippen LogP contribution in [0.25, 0.3) is 0 Å². The molecule has 1 N–H and O–H groups in total. The maximum atomic E-state index is 8.94. The second-order valence-corrected chi connectivity index (χ2v) is 11.7. The number of aliphatic hydroxyl groups is 1. The molecule has 1 aromatic heterocycles. The predicted molar refractivity (Wildman–Crippen MR) is 88.2 cm³/mol. The molecule has 0 radical (unpaired) electrons. The third kappa shape index (κ3) is 5.41. The van der Waals surface area contributed by atoms with Crippen LogP contribution in [0, 0.1) is 0 Å². The largest absolute Gasteiger partial charge is 0.481 e. The molecule has 0 aromatic carbocycles. The van der Waals surface area contributed by atoms with E-state index in [4.69, 9.17) is 14.3 Å². The van der Waals surface area contributed by atoms with Gasteiger partial charge in [-0.05, 0) is 42.6 Å². The molecule has 1 rings (SSSR count). The molecule has 0 aliphatic rings. The van der Waals surface area contributed by atoms with Crippen molar-refractivity contribution in [2.45, 2.75) is 58.4 Å². The summed E-state index contributed by atoms with van der Waals surface area (Å²) in [6, 6.07) is 3.97. The van der Waals surface area contributed by atoms with Crippen LogP contribution < -0.4 is 4.74 Å². The number of aryl methyl sites for hydroxylation is 1. The third-order valence-corrected chi connectivity index (χ3v) is 8.60. The molecule has 0 saturated carbocycles. The number of nitrogens with zero attached hydrogens (tertiary/aromatic N) is 1. The molecule has 5 heteroatoms. The summed E-state index contributed by atoms with van der Waals surface area (Å²) >= 11 is 0. The van der Waals surface area contributed by atoms with Crippen LogP contribution in [-0.2, 0) is 17.5 Å². The molecule has 0 saturated heterocycles. The maximum Gasteiger partial charge on any atom is 0.213 e. The van der Waals surface area contributed by atoms with E-state index < -0.39 is 8.32 Å². The highest BCUT2D eigenvalue weighted by Crippen LogP contribution is 2.37. The normalized spacial score (nSPS) is 12.5. The summed E-state index contributed by atoms with van der Waals surface area (Å²) in [6.07, 6.45) is 1.46. The number of rotatable bonds is 7. The molecule has 0 unspecified atom stereocenters. The van der Waals surface area contributed by atoms with Crippen LogP contribution in [0.3, 0.4) is 0 Å². The molecule has 4 nitrogen and oxygen atoms in total. The minimum Gasteiger partial charge on any atom is -0.481 e. The minimum atomic E-state index is -1.76. The quantitative estimate of drug-likeness (QED) is 0.783. The van der Waals surface area contributed by atoms with Crippen LogP contribution in [0.2, 0.25) is 18.1 Å². The molecule has 0 aliphatic heterocycles. The van der Waals surface area contributed by atoms with Gasteiger partial charge in [-0.25, -0.2) is 4.98 Å². The molecule has 0 spiro atoms. The van der Waals surface area contributed by atoms with Crippen molar-refractivity contribution in [3.8, 4) is 5.88 Å². The second kappa shape index (κ2) is 7.38. The molecule has 0 atom stereocenters. The number of aliphatic hydroxyl groups excluding tert-OH is 1. The predicted octanol–water partition coefficient (Wildman–Crippen LogP) is 3.54. The monoisotopic (exact) mass is 311 g/mol. The highest BCUT2D eigenvalue weighted by atomic mass is 28.4. The van der Waals surface area contributed by atoms with Crippen LogP contribution in [0.1, 0.15) is 38.4 Å². The maximum absolute atomic E-state index is 8.94. The van der Waals surface area contributed by atoms with Gasteiger partial charge in [-0.15, -0.1) is 0 Å². The van der Waals surface area contributed by atoms with Gasteiger partial charge in [0.05, 0.1) is 13.7 Å². The fraction of sp³-hybridized carbons (Fsp3) is 0.688. The summed E-state index contributed by atoms with van der Waals surface area (Å²) in [4.78, 5) is 4.41. The number of pyridine rings is 1. The number of hydrogen-bond donors (Lipinski definition) is 1. The molecular formula is C16H29NO3Si. The molecule has 0 fully saturated rings. The van der Waals surface area contributed by atoms with Gasteiger partial charge in [-0.2, -0.15) is 0 Å². The van der Waals surface area contributed by atoms with Crippen molar-refractivity contribution < 1.29 is 14.3 Å². The first-order chi connectivity index (χ1) is 9.69. The van der Waals surface area contributed by atoms with E-state index in [1.165, 1.54) is 0 Å². The van der Waals surface area contributed by atoms with E-state index in [2.05, 4.69) is 38.8 Å². The van der Waals surface area contributed by atoms with E-state index in [0.717, 1.165) is 17.7 Å². The Balaban J connectivity index is 2.83. The SMILES string of the molecule is COc1cc(CO[Si](C)(C)C(C)(C)C)cc(CCCO)n1. The zero-order chi connectivity index (χ0) is 16.1. The lowest BCUT2D eigenvalue weighted by atomic mass is 10.1. The molecule has 0 bridgehead atoms. The van der Waals surface area contributed by atoms with Gasteiger partial charge in [-0.3, -0.25) is 0 Å². The van der Waals surface area contributed by atoms with Crippen molar-refractivity contribution in [2.24, 2.45) is 0 Å². The van der Waals surface area contributed by atoms with E-state index in [1.54, 1.807) is 7.11 Å². The van der Waals surface area contributed by atoms with Crippen LogP contribution in [0.5, 0.6) is 5.88 Å². The Hall–Kier alpha value is -0.913. The zero-order valence-corrected chi connectivity index (χ0v) is 15.2. The Morgan fingerprint density at radius 2 is 1.90 bits per heavy atom. The van der Waals surface area contributed by atoms with Crippen LogP contribution in [-0.4, -0.2) is 32.1 Å². The fourth-order valence-corrected chi connectivity index (χ4v) is 2.64. The lowest BCUT2D eigenvalue weighted by molar-refractivity contribution is 0.274. The van der Waals surface area contributed by atoms with Crippen molar-refractivity contribution in [2.75, 3.05) is 13.7 Å². The van der Waals surface area contributed by atoms with Gasteiger partial charge in [0.2, 0.25) is 5.88 Å². The molecule has 0 amide bonds. The Kier molecular flexibility index (Phi) is 6.37. The summed E-state index contributed by atoms with van der Waals surface area (Å²) in [6.45, 7) is 12.0. The van der Waals surface area contributed by atoms with Gasteiger partial charge in [0, 0.05) is 18.4 Å². The minimum absolute atomic E-state index is 0.175. The summed E-state index contributed by atoms with van der Waals surface area (Å²) in [5.74, 6) is 0.610. The van der Waals surface area contributed by atoms with E-state index in [1.807, 2.05) is 12.1 Å². The van der Waals surface area contributed by atoms with Crippen LogP contribution in [0.4, 0.5) is 0 Å². The summed E-state index contributed by atoms with van der Waals surface area (Å²) in [7, 11) is -0.138. The summed E-state index contributed by atoms with van der Waals surface area (Å²) < 4.78 is 11.5. The molecule has 120 valence electrons. The molecule has 21 heavy (non-hydrogen) atoms. The number of methoxy groups -OCH3 is 1. The van der Waals surface area contributed by atoms with Gasteiger partial charge in [0.25, 0.3) is 0 Å². The average Bonchev–Trinajstić information content (AvgIpc) is 2.41. The standard InChI is InChI=1S/C16H29NO3Si/c1-16(2,3)21(5,6)20-12-13-10-14(8-7-9-18)17-15(11-13)19-4/h10-11,18H,7-9,12H2,1-6H3. The van der Waals surface area contributed by atoms with Crippen molar-refractivity contribution in [1.29, 1.82) is 0 Å². The first-order valence-corrected chi connectivity index (χ1v) is 10.4. The fourth-order valence-electron chi connectivity index (χ4n) is 1.68. The smallest absolute Gasteiger partial charge is 0.213 e. The van der Waals surface area contributed by atoms with Crippen molar-refractivity contribution >= 4 is 8.32 Å². The third-order valence-electron chi connectivity index (χ3n) is 4.12. The summed E-state index contributed by atoms with van der Waals surface area (Å²) in [5, 5.41) is 9.14. The van der Waals surface area contributed by atoms with E-state index in [0.29, 0.717) is 18.9 Å². The number of aromatic nitrogens is 1.